The zero-order chi connectivity index (χ0) is 26.9. The maximum absolute atomic E-state index is 14.6. The number of amides is 2. The lowest BCUT2D eigenvalue weighted by Gasteiger charge is -2.36. The minimum atomic E-state index is -0.623. The van der Waals surface area contributed by atoms with Crippen LogP contribution >= 0.6 is 11.6 Å². The van der Waals surface area contributed by atoms with Crippen molar-refractivity contribution in [3.63, 3.8) is 0 Å². The van der Waals surface area contributed by atoms with Gasteiger partial charge in [-0.2, -0.15) is 0 Å². The zero-order valence-electron chi connectivity index (χ0n) is 21.8. The molecule has 1 saturated heterocycles. The topological polar surface area (TPSA) is 49.4 Å². The third-order valence-corrected chi connectivity index (χ3v) is 8.36. The molecule has 0 aromatic heterocycles. The maximum Gasteiger partial charge on any atom is 0.226 e. The van der Waals surface area contributed by atoms with Crippen molar-refractivity contribution in [3.8, 4) is 0 Å². The first-order valence-corrected chi connectivity index (χ1v) is 13.4. The first kappa shape index (κ1) is 27.3. The van der Waals surface area contributed by atoms with Gasteiger partial charge < -0.3 is 10.2 Å². The second kappa shape index (κ2) is 11.3. The number of likely N-dealkylation sites (tertiary alicyclic amines) is 1. The first-order chi connectivity index (χ1) is 17.6. The van der Waals surface area contributed by atoms with E-state index in [9.17, 15) is 18.4 Å². The summed E-state index contributed by atoms with van der Waals surface area (Å²) in [7, 11) is 0. The molecule has 0 bridgehead atoms. The van der Waals surface area contributed by atoms with Gasteiger partial charge in [0.25, 0.3) is 0 Å². The Morgan fingerprint density at radius 1 is 1.14 bits per heavy atom. The molecule has 0 spiro atoms. The van der Waals surface area contributed by atoms with Gasteiger partial charge in [0.05, 0.1) is 6.04 Å². The zero-order valence-corrected chi connectivity index (χ0v) is 22.5. The van der Waals surface area contributed by atoms with Crippen LogP contribution in [0.2, 0.25) is 5.02 Å². The predicted octanol–water partition coefficient (Wildman–Crippen LogP) is 6.97. The Bertz CT molecular complexity index is 1210. The van der Waals surface area contributed by atoms with Crippen LogP contribution in [-0.4, -0.2) is 29.8 Å². The largest absolute Gasteiger partial charge is 0.350 e. The van der Waals surface area contributed by atoms with Crippen LogP contribution in [0.5, 0.6) is 0 Å². The van der Waals surface area contributed by atoms with E-state index in [-0.39, 0.29) is 29.7 Å². The van der Waals surface area contributed by atoms with Gasteiger partial charge in [-0.25, -0.2) is 8.78 Å². The van der Waals surface area contributed by atoms with Gasteiger partial charge in [0.15, 0.2) is 0 Å². The molecule has 7 heteroatoms. The van der Waals surface area contributed by atoms with Crippen LogP contribution in [0.25, 0.3) is 0 Å². The van der Waals surface area contributed by atoms with E-state index in [0.717, 1.165) is 47.6 Å². The lowest BCUT2D eigenvalue weighted by molar-refractivity contribution is -0.136. The number of piperidine rings is 1. The Hall–Kier alpha value is -2.73. The van der Waals surface area contributed by atoms with E-state index in [1.165, 1.54) is 19.1 Å². The Balaban J connectivity index is 1.51. The Morgan fingerprint density at radius 3 is 2.46 bits per heavy atom. The highest BCUT2D eigenvalue weighted by molar-refractivity contribution is 6.31. The Kier molecular flexibility index (Phi) is 8.37. The van der Waals surface area contributed by atoms with Crippen LogP contribution in [0.3, 0.4) is 0 Å². The summed E-state index contributed by atoms with van der Waals surface area (Å²) >= 11 is 6.52. The van der Waals surface area contributed by atoms with E-state index in [0.29, 0.717) is 36.5 Å². The smallest absolute Gasteiger partial charge is 0.226 e. The number of rotatable bonds is 6. The minimum Gasteiger partial charge on any atom is -0.350 e. The SMILES string of the molecule is C=C1C[C@H](c2ccc(F)cc2F)[C@H](C(=O)N2CCC(c3cc(Cl)c(C)cc3[C@H](CC)NC(C)=O)CC2)C1. The highest BCUT2D eigenvalue weighted by Crippen LogP contribution is 2.45. The van der Waals surface area contributed by atoms with E-state index in [1.807, 2.05) is 24.8 Å². The third kappa shape index (κ3) is 5.90. The number of hydrogen-bond acceptors (Lipinski definition) is 2. The fourth-order valence-corrected chi connectivity index (χ4v) is 6.22. The van der Waals surface area contributed by atoms with Gasteiger partial charge in [-0.05, 0) is 79.3 Å². The molecule has 37 heavy (non-hydrogen) atoms. The van der Waals surface area contributed by atoms with Crippen LogP contribution in [0.4, 0.5) is 8.78 Å². The lowest BCUT2D eigenvalue weighted by atomic mass is 9.82. The molecule has 1 saturated carbocycles. The number of hydrogen-bond donors (Lipinski definition) is 1. The summed E-state index contributed by atoms with van der Waals surface area (Å²) in [4.78, 5) is 27.3. The minimum absolute atomic E-state index is 0.0117. The second-order valence-corrected chi connectivity index (χ2v) is 10.9. The van der Waals surface area contributed by atoms with Crippen molar-refractivity contribution < 1.29 is 18.4 Å². The molecule has 1 heterocycles. The van der Waals surface area contributed by atoms with Crippen molar-refractivity contribution in [2.45, 2.75) is 70.8 Å². The van der Waals surface area contributed by atoms with Crippen molar-refractivity contribution in [2.75, 3.05) is 13.1 Å². The van der Waals surface area contributed by atoms with E-state index >= 15 is 0 Å². The van der Waals surface area contributed by atoms with E-state index < -0.39 is 17.6 Å². The predicted molar refractivity (Wildman–Crippen MR) is 143 cm³/mol. The number of aryl methyl sites for hydroxylation is 1. The van der Waals surface area contributed by atoms with Gasteiger partial charge in [0.1, 0.15) is 11.6 Å². The van der Waals surface area contributed by atoms with Crippen LogP contribution in [0.1, 0.15) is 86.1 Å². The fourth-order valence-electron chi connectivity index (χ4n) is 6.04. The molecule has 1 aliphatic carbocycles. The number of nitrogens with zero attached hydrogens (tertiary/aromatic N) is 1. The highest BCUT2D eigenvalue weighted by Gasteiger charge is 2.40. The number of benzene rings is 2. The van der Waals surface area contributed by atoms with Crippen molar-refractivity contribution in [1.82, 2.24) is 10.2 Å². The van der Waals surface area contributed by atoms with Crippen LogP contribution in [-0.2, 0) is 9.59 Å². The van der Waals surface area contributed by atoms with E-state index in [4.69, 9.17) is 11.6 Å². The van der Waals surface area contributed by atoms with Crippen LogP contribution in [0, 0.1) is 24.5 Å². The molecule has 1 aliphatic heterocycles. The van der Waals surface area contributed by atoms with Crippen molar-refractivity contribution in [1.29, 1.82) is 0 Å². The van der Waals surface area contributed by atoms with E-state index in [1.54, 1.807) is 0 Å². The van der Waals surface area contributed by atoms with E-state index in [2.05, 4.69) is 18.0 Å². The van der Waals surface area contributed by atoms with Crippen LogP contribution < -0.4 is 5.32 Å². The molecule has 198 valence electrons. The summed E-state index contributed by atoms with van der Waals surface area (Å²) in [5.41, 5.74) is 4.49. The molecular weight excluding hydrogens is 494 g/mol. The van der Waals surface area contributed by atoms with Gasteiger partial charge in [-0.15, -0.1) is 0 Å². The molecular formula is C30H35ClF2N2O2. The summed E-state index contributed by atoms with van der Waals surface area (Å²) in [5, 5.41) is 3.76. The number of carbonyl (C=O) groups is 2. The van der Waals surface area contributed by atoms with Crippen molar-refractivity contribution >= 4 is 23.4 Å². The molecule has 2 aromatic carbocycles. The van der Waals surface area contributed by atoms with Gasteiger partial charge in [-0.1, -0.05) is 42.8 Å². The van der Waals surface area contributed by atoms with Crippen LogP contribution in [0.15, 0.2) is 42.5 Å². The lowest BCUT2D eigenvalue weighted by Crippen LogP contribution is -2.42. The quantitative estimate of drug-likeness (QED) is 0.412. The summed E-state index contributed by atoms with van der Waals surface area (Å²) in [5.74, 6) is -1.80. The van der Waals surface area contributed by atoms with Gasteiger partial charge in [0, 0.05) is 42.9 Å². The number of nitrogens with one attached hydrogen (secondary N) is 1. The molecule has 0 unspecified atom stereocenters. The maximum atomic E-state index is 14.6. The average molecular weight is 529 g/mol. The molecule has 0 radical (unpaired) electrons. The number of halogens is 3. The third-order valence-electron chi connectivity index (χ3n) is 7.95. The summed E-state index contributed by atoms with van der Waals surface area (Å²) < 4.78 is 28.1. The van der Waals surface area contributed by atoms with Gasteiger partial charge in [0.2, 0.25) is 11.8 Å². The molecule has 1 N–H and O–H groups in total. The molecule has 3 atom stereocenters. The van der Waals surface area contributed by atoms with Gasteiger partial charge >= 0.3 is 0 Å². The van der Waals surface area contributed by atoms with Gasteiger partial charge in [-0.3, -0.25) is 9.59 Å². The standard InChI is InChI=1S/C30H35ClF2N2O2/c1-5-29(34-19(4)36)25-14-18(3)27(31)16-23(25)20-8-10-35(11-9-20)30(37)26-13-17(2)12-24(26)22-7-6-21(32)15-28(22)33/h6-7,14-16,20,24,26,29H,2,5,8-13H2,1,3-4H3,(H,34,36)/t24-,26-,29+/m1/s1. The molecule has 4 rings (SSSR count). The fraction of sp³-hybridized carbons (Fsp3) is 0.467. The van der Waals surface area contributed by atoms with Crippen molar-refractivity contribution in [3.05, 3.63) is 81.4 Å². The highest BCUT2D eigenvalue weighted by atomic mass is 35.5. The number of carbonyl (C=O) groups excluding carboxylic acids is 2. The Morgan fingerprint density at radius 2 is 1.84 bits per heavy atom. The number of allylic oxidation sites excluding steroid dienone is 1. The Labute approximate surface area is 223 Å². The molecule has 2 amide bonds. The summed E-state index contributed by atoms with van der Waals surface area (Å²) in [6.45, 7) is 10.8. The normalized spacial score (nSPS) is 21.2. The first-order valence-electron chi connectivity index (χ1n) is 13.1. The monoisotopic (exact) mass is 528 g/mol. The summed E-state index contributed by atoms with van der Waals surface area (Å²) in [6, 6.07) is 7.60. The van der Waals surface area contributed by atoms with Crippen molar-refractivity contribution in [2.24, 2.45) is 5.92 Å². The molecule has 2 fully saturated rings. The summed E-state index contributed by atoms with van der Waals surface area (Å²) in [6.07, 6.45) is 3.36. The molecule has 2 aromatic rings. The molecule has 2 aliphatic rings. The second-order valence-electron chi connectivity index (χ2n) is 10.5. The average Bonchev–Trinajstić information content (AvgIpc) is 3.24. The molecule has 4 nitrogen and oxygen atoms in total.